The van der Waals surface area contributed by atoms with Crippen LogP contribution in [0, 0.1) is 15.9 Å². The lowest BCUT2D eigenvalue weighted by atomic mass is 10.3. The van der Waals surface area contributed by atoms with E-state index in [1.807, 2.05) is 0 Å². The van der Waals surface area contributed by atoms with E-state index in [2.05, 4.69) is 5.32 Å². The van der Waals surface area contributed by atoms with E-state index >= 15 is 0 Å². The second-order valence-corrected chi connectivity index (χ2v) is 4.84. The van der Waals surface area contributed by atoms with Gasteiger partial charge in [-0.25, -0.2) is 4.39 Å². The first-order chi connectivity index (χ1) is 9.10. The minimum absolute atomic E-state index is 0.0721. The maximum Gasteiger partial charge on any atom is 0.324 e. The number of hydrogen-bond acceptors (Lipinski definition) is 5. The van der Waals surface area contributed by atoms with Gasteiger partial charge >= 0.3 is 5.00 Å². The molecule has 0 atom stereocenters. The van der Waals surface area contributed by atoms with E-state index in [4.69, 9.17) is 4.74 Å². The summed E-state index contributed by atoms with van der Waals surface area (Å²) in [6, 6.07) is 7.45. The Morgan fingerprint density at radius 3 is 2.84 bits per heavy atom. The average molecular weight is 282 g/mol. The topological polar surface area (TPSA) is 64.4 Å². The highest BCUT2D eigenvalue weighted by Gasteiger charge is 2.10. The summed E-state index contributed by atoms with van der Waals surface area (Å²) in [7, 11) is 1.50. The van der Waals surface area contributed by atoms with Crippen molar-refractivity contribution in [3.63, 3.8) is 0 Å². The number of benzene rings is 1. The van der Waals surface area contributed by atoms with Crippen LogP contribution in [0.2, 0.25) is 0 Å². The van der Waals surface area contributed by atoms with Crippen molar-refractivity contribution in [2.45, 2.75) is 6.54 Å². The number of halogens is 1. The molecule has 19 heavy (non-hydrogen) atoms. The van der Waals surface area contributed by atoms with E-state index in [-0.39, 0.29) is 5.00 Å². The number of methoxy groups -OCH3 is 1. The van der Waals surface area contributed by atoms with Crippen LogP contribution < -0.4 is 10.1 Å². The Bertz CT molecular complexity index is 600. The number of nitrogens with zero attached hydrogens (tertiary/aromatic N) is 1. The summed E-state index contributed by atoms with van der Waals surface area (Å²) in [6.45, 7) is 0.322. The number of nitro groups is 1. The molecular formula is C12H11FN2O3S. The number of hydrogen-bond donors (Lipinski definition) is 1. The number of anilines is 1. The van der Waals surface area contributed by atoms with Crippen molar-refractivity contribution in [1.29, 1.82) is 0 Å². The molecule has 0 aliphatic carbocycles. The summed E-state index contributed by atoms with van der Waals surface area (Å²) in [4.78, 5) is 10.9. The number of thiophene rings is 1. The Balaban J connectivity index is 2.07. The van der Waals surface area contributed by atoms with Crippen LogP contribution in [0.1, 0.15) is 4.88 Å². The summed E-state index contributed by atoms with van der Waals surface area (Å²) in [6.07, 6.45) is 0. The standard InChI is InChI=1S/C12H11FN2O3S/c1-18-8-2-4-10(13)11(6-8)14-7-9-3-5-12(19-9)15(16)17/h2-6,14H,7H2,1H3. The molecule has 1 N–H and O–H groups in total. The van der Waals surface area contributed by atoms with Gasteiger partial charge < -0.3 is 10.1 Å². The van der Waals surface area contributed by atoms with Crippen LogP contribution in [0.25, 0.3) is 0 Å². The van der Waals surface area contributed by atoms with Crippen LogP contribution in [-0.2, 0) is 6.54 Å². The third kappa shape index (κ3) is 3.19. The van der Waals surface area contributed by atoms with Crippen LogP contribution in [-0.4, -0.2) is 12.0 Å². The minimum Gasteiger partial charge on any atom is -0.497 e. The normalized spacial score (nSPS) is 10.2. The Hall–Kier alpha value is -2.15. The molecule has 0 saturated heterocycles. The molecule has 0 bridgehead atoms. The number of rotatable bonds is 5. The van der Waals surface area contributed by atoms with E-state index in [0.717, 1.165) is 16.2 Å². The van der Waals surface area contributed by atoms with Crippen molar-refractivity contribution >= 4 is 22.0 Å². The third-order valence-corrected chi connectivity index (χ3v) is 3.49. The van der Waals surface area contributed by atoms with Gasteiger partial charge in [0.05, 0.1) is 17.7 Å². The molecule has 1 aromatic heterocycles. The van der Waals surface area contributed by atoms with E-state index < -0.39 is 10.7 Å². The van der Waals surface area contributed by atoms with Gasteiger partial charge in [0.2, 0.25) is 0 Å². The fourth-order valence-corrected chi connectivity index (χ4v) is 2.27. The van der Waals surface area contributed by atoms with Crippen molar-refractivity contribution in [2.24, 2.45) is 0 Å². The zero-order chi connectivity index (χ0) is 13.8. The van der Waals surface area contributed by atoms with E-state index in [0.29, 0.717) is 18.0 Å². The first kappa shape index (κ1) is 13.3. The summed E-state index contributed by atoms with van der Waals surface area (Å²) < 4.78 is 18.5. The number of nitrogens with one attached hydrogen (secondary N) is 1. The zero-order valence-corrected chi connectivity index (χ0v) is 10.9. The molecule has 0 unspecified atom stereocenters. The molecule has 0 radical (unpaired) electrons. The molecule has 0 spiro atoms. The van der Waals surface area contributed by atoms with Gasteiger partial charge in [-0.2, -0.15) is 0 Å². The third-order valence-electron chi connectivity index (χ3n) is 2.45. The van der Waals surface area contributed by atoms with Crippen molar-refractivity contribution in [2.75, 3.05) is 12.4 Å². The molecule has 7 heteroatoms. The molecular weight excluding hydrogens is 271 g/mol. The van der Waals surface area contributed by atoms with Gasteiger partial charge in [-0.1, -0.05) is 11.3 Å². The van der Waals surface area contributed by atoms with Crippen LogP contribution in [0.5, 0.6) is 5.75 Å². The SMILES string of the molecule is COc1ccc(F)c(NCc2ccc([N+](=O)[O-])s2)c1. The lowest BCUT2D eigenvalue weighted by molar-refractivity contribution is -0.380. The lowest BCUT2D eigenvalue weighted by Gasteiger charge is -2.08. The van der Waals surface area contributed by atoms with Crippen molar-refractivity contribution in [3.8, 4) is 5.75 Å². The first-order valence-electron chi connectivity index (χ1n) is 5.40. The predicted octanol–water partition coefficient (Wildman–Crippen LogP) is 3.42. The Labute approximate surface area is 112 Å². The highest BCUT2D eigenvalue weighted by atomic mass is 32.1. The summed E-state index contributed by atoms with van der Waals surface area (Å²) >= 11 is 1.06. The van der Waals surface area contributed by atoms with E-state index in [1.54, 1.807) is 6.07 Å². The molecule has 2 rings (SSSR count). The van der Waals surface area contributed by atoms with Crippen LogP contribution in [0.4, 0.5) is 15.1 Å². The summed E-state index contributed by atoms with van der Waals surface area (Å²) in [5, 5.41) is 13.5. The quantitative estimate of drug-likeness (QED) is 0.674. The second-order valence-electron chi connectivity index (χ2n) is 3.70. The predicted molar refractivity (Wildman–Crippen MR) is 71.3 cm³/mol. The van der Waals surface area contributed by atoms with Gasteiger partial charge in [0, 0.05) is 23.6 Å². The Morgan fingerprint density at radius 1 is 1.42 bits per heavy atom. The number of ether oxygens (including phenoxy) is 1. The molecule has 2 aromatic rings. The monoisotopic (exact) mass is 282 g/mol. The van der Waals surface area contributed by atoms with E-state index in [1.165, 1.54) is 31.4 Å². The summed E-state index contributed by atoms with van der Waals surface area (Å²) in [5.41, 5.74) is 0.301. The van der Waals surface area contributed by atoms with Gasteiger partial charge in [0.15, 0.2) is 0 Å². The van der Waals surface area contributed by atoms with Crippen molar-refractivity contribution in [1.82, 2.24) is 0 Å². The molecule has 0 fully saturated rings. The fourth-order valence-electron chi connectivity index (χ4n) is 1.51. The fraction of sp³-hybridized carbons (Fsp3) is 0.167. The lowest BCUT2D eigenvalue weighted by Crippen LogP contribution is -2.00. The Morgan fingerprint density at radius 2 is 2.21 bits per heavy atom. The second kappa shape index (κ2) is 5.66. The molecule has 0 aliphatic rings. The van der Waals surface area contributed by atoms with E-state index in [9.17, 15) is 14.5 Å². The molecule has 5 nitrogen and oxygen atoms in total. The van der Waals surface area contributed by atoms with Crippen molar-refractivity contribution in [3.05, 3.63) is 51.1 Å². The molecule has 100 valence electrons. The maximum atomic E-state index is 13.5. The first-order valence-corrected chi connectivity index (χ1v) is 6.22. The van der Waals surface area contributed by atoms with Crippen LogP contribution in [0.3, 0.4) is 0 Å². The molecule has 0 saturated carbocycles. The smallest absolute Gasteiger partial charge is 0.324 e. The van der Waals surface area contributed by atoms with Crippen LogP contribution in [0.15, 0.2) is 30.3 Å². The average Bonchev–Trinajstić information content (AvgIpc) is 2.87. The van der Waals surface area contributed by atoms with Crippen molar-refractivity contribution < 1.29 is 14.1 Å². The Kier molecular flexibility index (Phi) is 3.96. The van der Waals surface area contributed by atoms with Gasteiger partial charge in [-0.15, -0.1) is 0 Å². The summed E-state index contributed by atoms with van der Waals surface area (Å²) in [5.74, 6) is 0.146. The molecule has 1 heterocycles. The largest absolute Gasteiger partial charge is 0.497 e. The van der Waals surface area contributed by atoms with Gasteiger partial charge in [-0.05, 0) is 18.2 Å². The minimum atomic E-state index is -0.444. The molecule has 0 amide bonds. The highest BCUT2D eigenvalue weighted by Crippen LogP contribution is 2.26. The van der Waals surface area contributed by atoms with Gasteiger partial charge in [0.1, 0.15) is 11.6 Å². The van der Waals surface area contributed by atoms with Gasteiger partial charge in [0.25, 0.3) is 0 Å². The van der Waals surface area contributed by atoms with Gasteiger partial charge in [-0.3, -0.25) is 10.1 Å². The van der Waals surface area contributed by atoms with Crippen LogP contribution >= 0.6 is 11.3 Å². The highest BCUT2D eigenvalue weighted by molar-refractivity contribution is 7.15. The molecule has 0 aliphatic heterocycles. The molecule has 1 aromatic carbocycles. The zero-order valence-electron chi connectivity index (χ0n) is 10.1. The maximum absolute atomic E-state index is 13.5.